The molecular weight excluding hydrogens is 608 g/mol. The Hall–Kier alpha value is -4.78. The summed E-state index contributed by atoms with van der Waals surface area (Å²) in [5.74, 6) is 0.914. The molecule has 0 amide bonds. The molecule has 2 saturated heterocycles. The van der Waals surface area contributed by atoms with Gasteiger partial charge in [-0.15, -0.1) is 0 Å². The summed E-state index contributed by atoms with van der Waals surface area (Å²) in [5, 5.41) is 13.8. The van der Waals surface area contributed by atoms with Gasteiger partial charge in [0, 0.05) is 74.3 Å². The molecular formula is C36H40N8O4. The first kappa shape index (κ1) is 30.5. The number of hydrogen-bond donors (Lipinski definition) is 2. The first-order chi connectivity index (χ1) is 23.4. The maximum absolute atomic E-state index is 13.8. The van der Waals surface area contributed by atoms with Crippen LogP contribution >= 0.6 is 0 Å². The van der Waals surface area contributed by atoms with Crippen molar-refractivity contribution < 1.29 is 9.84 Å². The molecule has 5 aromatic rings. The summed E-state index contributed by atoms with van der Waals surface area (Å²) in [6, 6.07) is 10.4. The van der Waals surface area contributed by atoms with Gasteiger partial charge >= 0.3 is 0 Å². The van der Waals surface area contributed by atoms with Gasteiger partial charge in [-0.25, -0.2) is 9.97 Å². The normalized spacial score (nSPS) is 18.6. The summed E-state index contributed by atoms with van der Waals surface area (Å²) in [5.41, 5.74) is 5.88. The molecule has 0 aromatic carbocycles. The van der Waals surface area contributed by atoms with Gasteiger partial charge in [0.1, 0.15) is 22.8 Å². The number of nitrogens with zero attached hydrogens (tertiary/aromatic N) is 7. The van der Waals surface area contributed by atoms with Crippen LogP contribution in [0.4, 0.5) is 17.2 Å². The first-order valence-electron chi connectivity index (χ1n) is 16.8. The Morgan fingerprint density at radius 2 is 1.88 bits per heavy atom. The average Bonchev–Trinajstić information content (AvgIpc) is 3.46. The van der Waals surface area contributed by atoms with E-state index in [1.807, 2.05) is 35.0 Å². The van der Waals surface area contributed by atoms with E-state index in [0.717, 1.165) is 64.2 Å². The molecule has 0 radical (unpaired) electrons. The number of fused-ring (bicyclic) bond motifs is 3. The Morgan fingerprint density at radius 3 is 2.62 bits per heavy atom. The summed E-state index contributed by atoms with van der Waals surface area (Å²) in [6.45, 7) is 6.44. The molecule has 8 rings (SSSR count). The van der Waals surface area contributed by atoms with Gasteiger partial charge < -0.3 is 29.0 Å². The third kappa shape index (κ3) is 5.29. The van der Waals surface area contributed by atoms with Crippen molar-refractivity contribution in [3.63, 3.8) is 0 Å². The van der Waals surface area contributed by atoms with Gasteiger partial charge in [-0.3, -0.25) is 19.1 Å². The van der Waals surface area contributed by atoms with Crippen molar-refractivity contribution in [3.05, 3.63) is 98.8 Å². The number of aliphatic hydroxyl groups excluding tert-OH is 1. The van der Waals surface area contributed by atoms with E-state index in [2.05, 4.69) is 32.0 Å². The topological polar surface area (TPSA) is 122 Å². The van der Waals surface area contributed by atoms with Crippen LogP contribution in [-0.4, -0.2) is 78.4 Å². The van der Waals surface area contributed by atoms with Gasteiger partial charge in [0.25, 0.3) is 11.1 Å². The van der Waals surface area contributed by atoms with Crippen molar-refractivity contribution in [3.8, 4) is 16.9 Å². The van der Waals surface area contributed by atoms with Gasteiger partial charge in [0.2, 0.25) is 0 Å². The van der Waals surface area contributed by atoms with Crippen molar-refractivity contribution >= 4 is 22.7 Å². The molecule has 3 aliphatic rings. The summed E-state index contributed by atoms with van der Waals surface area (Å²) in [7, 11) is 1.69. The minimum absolute atomic E-state index is 0.187. The highest BCUT2D eigenvalue weighted by molar-refractivity contribution is 5.73. The molecule has 12 heteroatoms. The summed E-state index contributed by atoms with van der Waals surface area (Å²) < 4.78 is 10.4. The molecule has 7 heterocycles. The third-order valence-corrected chi connectivity index (χ3v) is 10.2. The number of ether oxygens (including phenoxy) is 1. The van der Waals surface area contributed by atoms with Crippen LogP contribution in [0.25, 0.3) is 22.5 Å². The molecule has 12 nitrogen and oxygen atoms in total. The van der Waals surface area contributed by atoms with Crippen molar-refractivity contribution in [1.82, 2.24) is 28.4 Å². The molecule has 2 fully saturated rings. The Morgan fingerprint density at radius 1 is 1.02 bits per heavy atom. The fourth-order valence-corrected chi connectivity index (χ4v) is 7.52. The van der Waals surface area contributed by atoms with E-state index in [9.17, 15) is 14.7 Å². The molecule has 48 heavy (non-hydrogen) atoms. The molecule has 0 spiro atoms. The fraction of sp³-hybridized carbons (Fsp3) is 0.389. The third-order valence-electron chi connectivity index (χ3n) is 10.2. The van der Waals surface area contributed by atoms with E-state index < -0.39 is 0 Å². The summed E-state index contributed by atoms with van der Waals surface area (Å²) in [4.78, 5) is 41.1. The van der Waals surface area contributed by atoms with Gasteiger partial charge in [0.05, 0.1) is 37.7 Å². The van der Waals surface area contributed by atoms with Crippen LogP contribution in [0.2, 0.25) is 0 Å². The molecule has 0 bridgehead atoms. The van der Waals surface area contributed by atoms with E-state index >= 15 is 0 Å². The Kier molecular flexibility index (Phi) is 7.86. The van der Waals surface area contributed by atoms with E-state index in [-0.39, 0.29) is 17.7 Å². The van der Waals surface area contributed by atoms with E-state index in [0.29, 0.717) is 51.6 Å². The number of piperazine rings is 1. The van der Waals surface area contributed by atoms with Crippen LogP contribution in [-0.2, 0) is 31.2 Å². The monoisotopic (exact) mass is 648 g/mol. The summed E-state index contributed by atoms with van der Waals surface area (Å²) in [6.07, 6.45) is 13.0. The minimum Gasteiger partial charge on any atom is -0.392 e. The maximum Gasteiger partial charge on any atom is 0.280 e. The lowest BCUT2D eigenvalue weighted by Crippen LogP contribution is -2.59. The van der Waals surface area contributed by atoms with Crippen molar-refractivity contribution in [2.24, 2.45) is 7.05 Å². The quantitative estimate of drug-likeness (QED) is 0.274. The standard InChI is InChI=1S/C36H40N8O4/c1-23-18-41(27-21-48-22-27)11-12-42(23)26-7-8-33(38-17-26)39-30-15-25(19-40(2)35(30)46)28-9-10-37-34(29(28)20-45)44-14-13-43-31-6-4-3-5-24(31)16-32(43)36(44)47/h7-10,13-17,19,23,27,45H,3-6,11-12,18,20-22H2,1-2H3,(H,38,39)/t23-/m1/s1. The van der Waals surface area contributed by atoms with E-state index in [1.165, 1.54) is 20.4 Å². The SMILES string of the molecule is C[C@@H]1CN(C2COC2)CCN1c1ccc(Nc2cc(-c3ccnc(-n4ccn5c6c(cc5c4=O)CCCC6)c3CO)cn(C)c2=O)nc1. The smallest absolute Gasteiger partial charge is 0.280 e. The number of nitrogens with one attached hydrogen (secondary N) is 1. The van der Waals surface area contributed by atoms with Crippen LogP contribution in [0.5, 0.6) is 0 Å². The second kappa shape index (κ2) is 12.3. The highest BCUT2D eigenvalue weighted by Gasteiger charge is 2.32. The predicted octanol–water partition coefficient (Wildman–Crippen LogP) is 3.27. The number of pyridine rings is 3. The maximum atomic E-state index is 13.8. The average molecular weight is 649 g/mol. The number of aromatic nitrogens is 5. The molecule has 1 aliphatic carbocycles. The predicted molar refractivity (Wildman–Crippen MR) is 185 cm³/mol. The van der Waals surface area contributed by atoms with Crippen LogP contribution < -0.4 is 21.3 Å². The van der Waals surface area contributed by atoms with Crippen molar-refractivity contribution in [2.45, 2.75) is 51.3 Å². The fourth-order valence-electron chi connectivity index (χ4n) is 7.52. The van der Waals surface area contributed by atoms with Crippen molar-refractivity contribution in [1.29, 1.82) is 0 Å². The lowest BCUT2D eigenvalue weighted by molar-refractivity contribution is -0.0691. The number of anilines is 3. The number of aliphatic hydroxyl groups is 1. The number of rotatable bonds is 7. The van der Waals surface area contributed by atoms with Gasteiger partial charge in [-0.2, -0.15) is 0 Å². The second-order valence-electron chi connectivity index (χ2n) is 13.2. The Bertz CT molecular complexity index is 2110. The van der Waals surface area contributed by atoms with E-state index in [1.54, 1.807) is 37.8 Å². The highest BCUT2D eigenvalue weighted by atomic mass is 16.5. The Labute approximate surface area is 277 Å². The molecule has 2 N–H and O–H groups in total. The molecule has 1 atom stereocenters. The van der Waals surface area contributed by atoms with Crippen LogP contribution in [0.1, 0.15) is 36.6 Å². The first-order valence-corrected chi connectivity index (χ1v) is 16.8. The van der Waals surface area contributed by atoms with Crippen LogP contribution in [0.3, 0.4) is 0 Å². The lowest BCUT2D eigenvalue weighted by Gasteiger charge is -2.46. The molecule has 0 saturated carbocycles. The molecule has 2 aliphatic heterocycles. The Balaban J connectivity index is 1.08. The van der Waals surface area contributed by atoms with Crippen molar-refractivity contribution in [2.75, 3.05) is 43.1 Å². The minimum atomic E-state index is -0.344. The van der Waals surface area contributed by atoms with Gasteiger partial charge in [0.15, 0.2) is 0 Å². The summed E-state index contributed by atoms with van der Waals surface area (Å²) >= 11 is 0. The number of hydrogen-bond acceptors (Lipinski definition) is 9. The van der Waals surface area contributed by atoms with Crippen LogP contribution in [0, 0.1) is 0 Å². The lowest BCUT2D eigenvalue weighted by atomic mass is 9.98. The van der Waals surface area contributed by atoms with Crippen LogP contribution in [0.15, 0.2) is 70.9 Å². The van der Waals surface area contributed by atoms with Gasteiger partial charge in [-0.05, 0) is 74.1 Å². The molecule has 5 aromatic heterocycles. The molecule has 248 valence electrons. The molecule has 0 unspecified atom stereocenters. The zero-order valence-corrected chi connectivity index (χ0v) is 27.3. The van der Waals surface area contributed by atoms with E-state index in [4.69, 9.17) is 4.74 Å². The second-order valence-corrected chi connectivity index (χ2v) is 13.2. The largest absolute Gasteiger partial charge is 0.392 e. The highest BCUT2D eigenvalue weighted by Crippen LogP contribution is 2.30. The zero-order chi connectivity index (χ0) is 32.9. The van der Waals surface area contributed by atoms with Gasteiger partial charge in [-0.1, -0.05) is 0 Å². The number of aryl methyl sites for hydroxylation is 3. The zero-order valence-electron chi connectivity index (χ0n) is 27.3.